The van der Waals surface area contributed by atoms with Crippen molar-refractivity contribution in [3.63, 3.8) is 0 Å². The Hall–Kier alpha value is -2.88. The molecular formula is C28H30N2O2. The fraction of sp³-hybridized carbons (Fsp3) is 0.429. The Bertz CT molecular complexity index is 1210. The Balaban J connectivity index is 1.42. The predicted octanol–water partition coefficient (Wildman–Crippen LogP) is 5.98. The number of fused-ring (bicyclic) bond motifs is 5. The molecule has 3 aromatic rings. The second-order valence-corrected chi connectivity index (χ2v) is 10.4. The quantitative estimate of drug-likeness (QED) is 0.548. The van der Waals surface area contributed by atoms with Gasteiger partial charge in [0.25, 0.3) is 0 Å². The second kappa shape index (κ2) is 7.06. The van der Waals surface area contributed by atoms with Crippen LogP contribution >= 0.6 is 0 Å². The molecule has 1 N–H and O–H groups in total. The molecule has 0 radical (unpaired) electrons. The van der Waals surface area contributed by atoms with Crippen molar-refractivity contribution in [1.29, 1.82) is 0 Å². The number of carbonyl (C=O) groups excluding carboxylic acids is 1. The average molecular weight is 427 g/mol. The summed E-state index contributed by atoms with van der Waals surface area (Å²) in [7, 11) is 0. The number of hydrogen-bond donors (Lipinski definition) is 1. The van der Waals surface area contributed by atoms with Crippen molar-refractivity contribution in [2.24, 2.45) is 17.3 Å². The molecule has 6 rings (SSSR count). The van der Waals surface area contributed by atoms with E-state index in [-0.39, 0.29) is 5.41 Å². The Morgan fingerprint density at radius 2 is 1.88 bits per heavy atom. The van der Waals surface area contributed by atoms with Crippen molar-refractivity contribution in [1.82, 2.24) is 9.78 Å². The maximum atomic E-state index is 12.7. The first-order valence-electron chi connectivity index (χ1n) is 12.0. The fourth-order valence-corrected chi connectivity index (χ4v) is 6.98. The number of nitrogens with zero attached hydrogens (tertiary/aromatic N) is 2. The summed E-state index contributed by atoms with van der Waals surface area (Å²) in [5.74, 6) is 2.38. The van der Waals surface area contributed by atoms with E-state index in [1.165, 1.54) is 16.7 Å². The van der Waals surface area contributed by atoms with E-state index in [4.69, 9.17) is 0 Å². The molecule has 2 aromatic carbocycles. The van der Waals surface area contributed by atoms with Gasteiger partial charge in [-0.25, -0.2) is 4.68 Å². The molecule has 0 aliphatic heterocycles. The summed E-state index contributed by atoms with van der Waals surface area (Å²) >= 11 is 0. The molecule has 0 unspecified atom stereocenters. The number of aromatic nitrogens is 2. The number of ketones is 1. The van der Waals surface area contributed by atoms with E-state index in [1.807, 2.05) is 16.8 Å². The third-order valence-electron chi connectivity index (χ3n) is 8.75. The van der Waals surface area contributed by atoms with E-state index in [0.29, 0.717) is 29.3 Å². The Kier molecular flexibility index (Phi) is 4.36. The predicted molar refractivity (Wildman–Crippen MR) is 125 cm³/mol. The normalized spacial score (nSPS) is 28.8. The van der Waals surface area contributed by atoms with Crippen molar-refractivity contribution in [2.75, 3.05) is 0 Å². The Morgan fingerprint density at radius 3 is 2.69 bits per heavy atom. The summed E-state index contributed by atoms with van der Waals surface area (Å²) in [6.45, 7) is 4.30. The molecule has 4 atom stereocenters. The number of rotatable bonds is 2. The van der Waals surface area contributed by atoms with E-state index in [0.717, 1.165) is 55.5 Å². The summed E-state index contributed by atoms with van der Waals surface area (Å²) in [6.07, 6.45) is 7.79. The van der Waals surface area contributed by atoms with Crippen LogP contribution in [0.25, 0.3) is 16.9 Å². The van der Waals surface area contributed by atoms with Crippen molar-refractivity contribution in [3.8, 4) is 22.7 Å². The summed E-state index contributed by atoms with van der Waals surface area (Å²) in [5, 5.41) is 15.5. The van der Waals surface area contributed by atoms with Gasteiger partial charge in [-0.1, -0.05) is 24.6 Å². The number of aromatic hydroxyl groups is 1. The van der Waals surface area contributed by atoms with Crippen molar-refractivity contribution < 1.29 is 9.90 Å². The third kappa shape index (κ3) is 2.81. The SMILES string of the molecule is Cc1ccc(-n2nccc2-c2cc3c(cc2O)CC[C@@H]2[C@@H]3CC[C@@]3(C)C(=O)CC[C@@H]23)cc1. The van der Waals surface area contributed by atoms with Crippen LogP contribution in [0, 0.1) is 24.2 Å². The van der Waals surface area contributed by atoms with Gasteiger partial charge >= 0.3 is 0 Å². The summed E-state index contributed by atoms with van der Waals surface area (Å²) < 4.78 is 1.91. The Morgan fingerprint density at radius 1 is 1.06 bits per heavy atom. The Labute approximate surface area is 189 Å². The van der Waals surface area contributed by atoms with E-state index >= 15 is 0 Å². The molecular weight excluding hydrogens is 396 g/mol. The number of benzene rings is 2. The molecule has 0 saturated heterocycles. The molecule has 2 saturated carbocycles. The second-order valence-electron chi connectivity index (χ2n) is 10.4. The van der Waals surface area contributed by atoms with Crippen LogP contribution in [0.15, 0.2) is 48.7 Å². The highest BCUT2D eigenvalue weighted by Crippen LogP contribution is 2.60. The molecule has 164 valence electrons. The minimum Gasteiger partial charge on any atom is -0.507 e. The number of carbonyl (C=O) groups is 1. The van der Waals surface area contributed by atoms with Crippen LogP contribution in [-0.4, -0.2) is 20.7 Å². The van der Waals surface area contributed by atoms with E-state index in [9.17, 15) is 9.90 Å². The molecule has 3 aliphatic rings. The van der Waals surface area contributed by atoms with Crippen LogP contribution < -0.4 is 0 Å². The van der Waals surface area contributed by atoms with Gasteiger partial charge in [0.15, 0.2) is 0 Å². The first kappa shape index (κ1) is 19.8. The molecule has 1 heterocycles. The van der Waals surface area contributed by atoms with Crippen LogP contribution in [0.4, 0.5) is 0 Å². The zero-order valence-electron chi connectivity index (χ0n) is 18.8. The van der Waals surface area contributed by atoms with Gasteiger partial charge in [0.1, 0.15) is 11.5 Å². The lowest BCUT2D eigenvalue weighted by molar-refractivity contribution is -0.129. The maximum absolute atomic E-state index is 12.7. The standard InChI is InChI=1S/C28H30N2O2/c1-17-3-6-19(7-4-17)30-25(12-14-29-30)23-16-22-18(15-26(23)31)5-8-21-20(22)11-13-28(2)24(21)9-10-27(28)32/h3-4,6-7,12,14-16,20-21,24,31H,5,8-11,13H2,1-2H3/t20-,21+,24-,28+/m0/s1. The lowest BCUT2D eigenvalue weighted by Crippen LogP contribution is -2.42. The monoisotopic (exact) mass is 426 g/mol. The van der Waals surface area contributed by atoms with Crippen LogP contribution in [0.1, 0.15) is 61.6 Å². The van der Waals surface area contributed by atoms with E-state index < -0.39 is 0 Å². The fourth-order valence-electron chi connectivity index (χ4n) is 6.98. The van der Waals surface area contributed by atoms with Gasteiger partial charge in [-0.05, 0) is 98.2 Å². The van der Waals surface area contributed by atoms with Crippen LogP contribution in [0.2, 0.25) is 0 Å². The first-order chi connectivity index (χ1) is 15.5. The summed E-state index contributed by atoms with van der Waals surface area (Å²) in [5.41, 5.74) is 6.51. The lowest BCUT2D eigenvalue weighted by Gasteiger charge is -2.48. The largest absolute Gasteiger partial charge is 0.507 e. The zero-order valence-corrected chi connectivity index (χ0v) is 18.8. The highest BCUT2D eigenvalue weighted by atomic mass is 16.3. The number of Topliss-reactive ketones (excluding diaryl/α,β-unsaturated/α-hetero) is 1. The van der Waals surface area contributed by atoms with Crippen molar-refractivity contribution >= 4 is 5.78 Å². The number of aryl methyl sites for hydroxylation is 2. The van der Waals surface area contributed by atoms with Gasteiger partial charge in [0, 0.05) is 17.4 Å². The lowest BCUT2D eigenvalue weighted by atomic mass is 9.55. The first-order valence-corrected chi connectivity index (χ1v) is 12.0. The molecule has 32 heavy (non-hydrogen) atoms. The van der Waals surface area contributed by atoms with Gasteiger partial charge in [-0.2, -0.15) is 5.10 Å². The molecule has 2 fully saturated rings. The molecule has 1 aromatic heterocycles. The summed E-state index contributed by atoms with van der Waals surface area (Å²) in [4.78, 5) is 12.7. The highest BCUT2D eigenvalue weighted by molar-refractivity contribution is 5.87. The van der Waals surface area contributed by atoms with Gasteiger partial charge in [0.05, 0.1) is 17.6 Å². The van der Waals surface area contributed by atoms with Gasteiger partial charge < -0.3 is 5.11 Å². The van der Waals surface area contributed by atoms with Crippen LogP contribution in [0.5, 0.6) is 5.75 Å². The number of phenolic OH excluding ortho intramolecular Hbond substituents is 1. The molecule has 0 amide bonds. The smallest absolute Gasteiger partial charge is 0.139 e. The summed E-state index contributed by atoms with van der Waals surface area (Å²) in [6, 6.07) is 14.5. The van der Waals surface area contributed by atoms with Crippen LogP contribution in [-0.2, 0) is 11.2 Å². The molecule has 0 bridgehead atoms. The zero-order chi connectivity index (χ0) is 22.0. The minimum atomic E-state index is -0.109. The van der Waals surface area contributed by atoms with Crippen LogP contribution in [0.3, 0.4) is 0 Å². The highest BCUT2D eigenvalue weighted by Gasteiger charge is 2.54. The minimum absolute atomic E-state index is 0.109. The number of hydrogen-bond acceptors (Lipinski definition) is 3. The molecule has 4 nitrogen and oxygen atoms in total. The van der Waals surface area contributed by atoms with Gasteiger partial charge in [0.2, 0.25) is 0 Å². The van der Waals surface area contributed by atoms with Gasteiger partial charge in [-0.3, -0.25) is 4.79 Å². The molecule has 4 heteroatoms. The third-order valence-corrected chi connectivity index (χ3v) is 8.75. The topological polar surface area (TPSA) is 55.1 Å². The van der Waals surface area contributed by atoms with Crippen molar-refractivity contribution in [3.05, 3.63) is 65.4 Å². The molecule has 3 aliphatic carbocycles. The average Bonchev–Trinajstić information content (AvgIpc) is 3.38. The van der Waals surface area contributed by atoms with Crippen molar-refractivity contribution in [2.45, 2.75) is 58.3 Å². The number of phenols is 1. The van der Waals surface area contributed by atoms with E-state index in [1.54, 1.807) is 6.20 Å². The van der Waals surface area contributed by atoms with E-state index in [2.05, 4.69) is 49.3 Å². The molecule has 0 spiro atoms. The van der Waals surface area contributed by atoms with Gasteiger partial charge in [-0.15, -0.1) is 0 Å². The maximum Gasteiger partial charge on any atom is 0.139 e.